The summed E-state index contributed by atoms with van der Waals surface area (Å²) in [6, 6.07) is 8.13. The number of carbonyl (C=O) groups excluding carboxylic acids is 1. The average Bonchev–Trinajstić information content (AvgIpc) is 2.66. The number of halogens is 2. The van der Waals surface area contributed by atoms with Crippen LogP contribution < -0.4 is 5.32 Å². The first kappa shape index (κ1) is 20.0. The van der Waals surface area contributed by atoms with E-state index in [1.165, 1.54) is 22.8 Å². The van der Waals surface area contributed by atoms with Crippen LogP contribution in [0.1, 0.15) is 0 Å². The molecule has 0 aliphatic carbocycles. The van der Waals surface area contributed by atoms with Gasteiger partial charge in [-0.1, -0.05) is 29.3 Å². The molecule has 144 valence electrons. The molecule has 0 spiro atoms. The number of carbonyl (C=O) groups is 1. The van der Waals surface area contributed by atoms with Crippen molar-refractivity contribution in [2.45, 2.75) is 4.90 Å². The van der Waals surface area contributed by atoms with E-state index in [0.29, 0.717) is 41.9 Å². The number of hydrogen-bond acceptors (Lipinski definition) is 5. The van der Waals surface area contributed by atoms with Gasteiger partial charge in [0.15, 0.2) is 0 Å². The van der Waals surface area contributed by atoms with Gasteiger partial charge in [-0.25, -0.2) is 8.42 Å². The van der Waals surface area contributed by atoms with Crippen LogP contribution >= 0.6 is 23.2 Å². The molecule has 1 aliphatic heterocycles. The van der Waals surface area contributed by atoms with E-state index in [1.54, 1.807) is 24.3 Å². The van der Waals surface area contributed by atoms with Crippen molar-refractivity contribution < 1.29 is 13.2 Å². The van der Waals surface area contributed by atoms with E-state index in [4.69, 9.17) is 23.2 Å². The van der Waals surface area contributed by atoms with Crippen molar-refractivity contribution >= 4 is 44.8 Å². The molecular weight excluding hydrogens is 411 g/mol. The lowest BCUT2D eigenvalue weighted by molar-refractivity contribution is -0.117. The predicted molar refractivity (Wildman–Crippen MR) is 105 cm³/mol. The van der Waals surface area contributed by atoms with E-state index < -0.39 is 10.0 Å². The van der Waals surface area contributed by atoms with E-state index in [9.17, 15) is 13.2 Å². The van der Waals surface area contributed by atoms with Crippen LogP contribution in [0.15, 0.2) is 47.6 Å². The average molecular weight is 429 g/mol. The van der Waals surface area contributed by atoms with Crippen LogP contribution in [0.25, 0.3) is 0 Å². The summed E-state index contributed by atoms with van der Waals surface area (Å²) in [5.74, 6) is -0.234. The number of nitrogens with one attached hydrogen (secondary N) is 1. The Hall–Kier alpha value is -1.71. The van der Waals surface area contributed by atoms with Crippen molar-refractivity contribution in [1.82, 2.24) is 14.2 Å². The second-order valence-corrected chi connectivity index (χ2v) is 8.74. The van der Waals surface area contributed by atoms with Gasteiger partial charge < -0.3 is 5.32 Å². The van der Waals surface area contributed by atoms with Gasteiger partial charge in [0, 0.05) is 38.6 Å². The Morgan fingerprint density at radius 3 is 2.52 bits per heavy atom. The summed E-state index contributed by atoms with van der Waals surface area (Å²) in [4.78, 5) is 18.2. The number of nitrogens with zero attached hydrogens (tertiary/aromatic N) is 3. The van der Waals surface area contributed by atoms with E-state index in [2.05, 4.69) is 10.3 Å². The normalized spacial score (nSPS) is 16.2. The molecule has 1 aromatic carbocycles. The molecule has 1 N–H and O–H groups in total. The van der Waals surface area contributed by atoms with Crippen LogP contribution in [0.3, 0.4) is 0 Å². The number of piperazine rings is 1. The second kappa shape index (κ2) is 8.53. The van der Waals surface area contributed by atoms with Gasteiger partial charge >= 0.3 is 0 Å². The molecule has 1 aromatic heterocycles. The fourth-order valence-corrected chi connectivity index (χ4v) is 4.50. The Labute approximate surface area is 167 Å². The Bertz CT molecular complexity index is 917. The van der Waals surface area contributed by atoms with Crippen LogP contribution in [-0.4, -0.2) is 61.2 Å². The Morgan fingerprint density at radius 1 is 1.11 bits per heavy atom. The highest BCUT2D eigenvalue weighted by molar-refractivity contribution is 7.89. The van der Waals surface area contributed by atoms with Gasteiger partial charge in [-0.2, -0.15) is 4.31 Å². The standard InChI is InChI=1S/C17H18Cl2N4O3S/c18-14-4-1-5-15(17(14)19)21-16(24)12-22-7-9-23(10-8-22)27(25,26)13-3-2-6-20-11-13/h1-6,11H,7-10,12H2,(H,21,24). The minimum absolute atomic E-state index is 0.142. The van der Waals surface area contributed by atoms with Crippen LogP contribution in [0.4, 0.5) is 5.69 Å². The Balaban J connectivity index is 1.55. The molecule has 2 heterocycles. The summed E-state index contributed by atoms with van der Waals surface area (Å²) in [6.07, 6.45) is 2.87. The molecule has 10 heteroatoms. The number of aromatic nitrogens is 1. The largest absolute Gasteiger partial charge is 0.324 e. The summed E-state index contributed by atoms with van der Waals surface area (Å²) in [6.45, 7) is 1.67. The van der Waals surface area contributed by atoms with Crippen LogP contribution in [-0.2, 0) is 14.8 Å². The lowest BCUT2D eigenvalue weighted by Gasteiger charge is -2.33. The Kier molecular flexibility index (Phi) is 6.33. The van der Waals surface area contributed by atoms with E-state index in [0.717, 1.165) is 0 Å². The summed E-state index contributed by atoms with van der Waals surface area (Å²) in [5.41, 5.74) is 0.451. The molecule has 0 radical (unpaired) electrons. The number of anilines is 1. The van der Waals surface area contributed by atoms with Crippen molar-refractivity contribution in [3.8, 4) is 0 Å². The summed E-state index contributed by atoms with van der Waals surface area (Å²) in [5, 5.41) is 3.38. The maximum Gasteiger partial charge on any atom is 0.244 e. The van der Waals surface area contributed by atoms with Gasteiger partial charge in [-0.3, -0.25) is 14.7 Å². The van der Waals surface area contributed by atoms with Gasteiger partial charge in [0.2, 0.25) is 15.9 Å². The first-order valence-corrected chi connectivity index (χ1v) is 10.4. The molecule has 3 rings (SSSR count). The van der Waals surface area contributed by atoms with Crippen molar-refractivity contribution in [2.75, 3.05) is 38.0 Å². The molecule has 7 nitrogen and oxygen atoms in total. The molecule has 1 saturated heterocycles. The molecule has 1 fully saturated rings. The predicted octanol–water partition coefficient (Wildman–Crippen LogP) is 2.33. The van der Waals surface area contributed by atoms with Crippen molar-refractivity contribution in [3.63, 3.8) is 0 Å². The smallest absolute Gasteiger partial charge is 0.244 e. The molecule has 0 unspecified atom stereocenters. The zero-order chi connectivity index (χ0) is 19.4. The topological polar surface area (TPSA) is 82.6 Å². The molecule has 1 amide bonds. The molecule has 0 atom stereocenters. The number of hydrogen-bond donors (Lipinski definition) is 1. The van der Waals surface area contributed by atoms with Crippen molar-refractivity contribution in [3.05, 3.63) is 52.8 Å². The highest BCUT2D eigenvalue weighted by atomic mass is 35.5. The van der Waals surface area contributed by atoms with Gasteiger partial charge in [-0.15, -0.1) is 0 Å². The van der Waals surface area contributed by atoms with Crippen LogP contribution in [0, 0.1) is 0 Å². The fourth-order valence-electron chi connectivity index (χ4n) is 2.77. The third-order valence-electron chi connectivity index (χ3n) is 4.20. The molecule has 0 saturated carbocycles. The number of amides is 1. The number of pyridine rings is 1. The highest BCUT2D eigenvalue weighted by Crippen LogP contribution is 2.29. The van der Waals surface area contributed by atoms with Crippen molar-refractivity contribution in [1.29, 1.82) is 0 Å². The molecular formula is C17H18Cl2N4O3S. The van der Waals surface area contributed by atoms with Crippen LogP contribution in [0.2, 0.25) is 10.0 Å². The van der Waals surface area contributed by atoms with Crippen LogP contribution in [0.5, 0.6) is 0 Å². The lowest BCUT2D eigenvalue weighted by atomic mass is 10.3. The number of rotatable bonds is 5. The maximum absolute atomic E-state index is 12.6. The van der Waals surface area contributed by atoms with Gasteiger partial charge in [-0.05, 0) is 24.3 Å². The number of benzene rings is 1. The minimum atomic E-state index is -3.56. The van der Waals surface area contributed by atoms with E-state index in [-0.39, 0.29) is 17.3 Å². The van der Waals surface area contributed by atoms with E-state index >= 15 is 0 Å². The second-order valence-electron chi connectivity index (χ2n) is 6.02. The highest BCUT2D eigenvalue weighted by Gasteiger charge is 2.29. The minimum Gasteiger partial charge on any atom is -0.324 e. The Morgan fingerprint density at radius 2 is 1.85 bits per heavy atom. The van der Waals surface area contributed by atoms with Crippen molar-refractivity contribution in [2.24, 2.45) is 0 Å². The third kappa shape index (κ3) is 4.77. The lowest BCUT2D eigenvalue weighted by Crippen LogP contribution is -2.50. The zero-order valence-corrected chi connectivity index (χ0v) is 16.6. The first-order chi connectivity index (χ1) is 12.9. The fraction of sp³-hybridized carbons (Fsp3) is 0.294. The monoisotopic (exact) mass is 428 g/mol. The maximum atomic E-state index is 12.6. The van der Waals surface area contributed by atoms with E-state index in [1.807, 2.05) is 4.90 Å². The number of sulfonamides is 1. The summed E-state index contributed by atoms with van der Waals surface area (Å²) in [7, 11) is -3.56. The molecule has 2 aromatic rings. The first-order valence-electron chi connectivity index (χ1n) is 8.24. The molecule has 1 aliphatic rings. The summed E-state index contributed by atoms with van der Waals surface area (Å²) >= 11 is 12.0. The quantitative estimate of drug-likeness (QED) is 0.789. The van der Waals surface area contributed by atoms with Gasteiger partial charge in [0.1, 0.15) is 4.90 Å². The zero-order valence-electron chi connectivity index (χ0n) is 14.3. The SMILES string of the molecule is O=C(CN1CCN(S(=O)(=O)c2cccnc2)CC1)Nc1cccc(Cl)c1Cl. The summed E-state index contributed by atoms with van der Waals surface area (Å²) < 4.78 is 26.6. The molecule has 0 bridgehead atoms. The van der Waals surface area contributed by atoms with Gasteiger partial charge in [0.05, 0.1) is 22.3 Å². The van der Waals surface area contributed by atoms with Gasteiger partial charge in [0.25, 0.3) is 0 Å². The molecule has 27 heavy (non-hydrogen) atoms. The third-order valence-corrected chi connectivity index (χ3v) is 6.90.